The molecule has 6 heteroatoms. The highest BCUT2D eigenvalue weighted by molar-refractivity contribution is 14.0. The third-order valence-corrected chi connectivity index (χ3v) is 3.13. The molecule has 4 nitrogen and oxygen atoms in total. The number of nitrogens with one attached hydrogen (secondary N) is 1. The van der Waals surface area contributed by atoms with Crippen LogP contribution in [0.4, 0.5) is 4.39 Å². The van der Waals surface area contributed by atoms with E-state index in [1.807, 2.05) is 25.1 Å². The largest absolute Gasteiger partial charge is 0.370 e. The maximum absolute atomic E-state index is 13.3. The highest BCUT2D eigenvalue weighted by Gasteiger charge is 2.14. The van der Waals surface area contributed by atoms with Crippen LogP contribution in [0, 0.1) is 5.82 Å². The Morgan fingerprint density at radius 2 is 2.14 bits per heavy atom. The number of halogens is 2. The highest BCUT2D eigenvalue weighted by atomic mass is 127. The molecule has 0 spiro atoms. The van der Waals surface area contributed by atoms with Gasteiger partial charge in [0.05, 0.1) is 12.6 Å². The molecule has 0 aliphatic carbocycles. The summed E-state index contributed by atoms with van der Waals surface area (Å²) >= 11 is 0. The van der Waals surface area contributed by atoms with E-state index in [-0.39, 0.29) is 35.8 Å². The molecule has 0 aliphatic rings. The summed E-state index contributed by atoms with van der Waals surface area (Å²) < 4.78 is 13.3. The molecule has 0 saturated carbocycles. The lowest BCUT2D eigenvalue weighted by molar-refractivity contribution is 0.305. The van der Waals surface area contributed by atoms with Crippen LogP contribution in [0.25, 0.3) is 0 Å². The second-order valence-electron chi connectivity index (χ2n) is 5.04. The molecular weight excluding hydrogens is 382 g/mol. The quantitative estimate of drug-likeness (QED) is 0.316. The van der Waals surface area contributed by atoms with E-state index < -0.39 is 0 Å². The highest BCUT2D eigenvalue weighted by Crippen LogP contribution is 2.19. The second-order valence-corrected chi connectivity index (χ2v) is 5.04. The number of benzene rings is 1. The zero-order valence-corrected chi connectivity index (χ0v) is 15.3. The van der Waals surface area contributed by atoms with E-state index >= 15 is 0 Å². The van der Waals surface area contributed by atoms with Crippen molar-refractivity contribution in [3.63, 3.8) is 0 Å². The van der Waals surface area contributed by atoms with Crippen molar-refractivity contribution in [1.29, 1.82) is 0 Å². The number of rotatable bonds is 7. The Morgan fingerprint density at radius 1 is 1.43 bits per heavy atom. The fourth-order valence-electron chi connectivity index (χ4n) is 1.91. The van der Waals surface area contributed by atoms with Gasteiger partial charge in [0, 0.05) is 6.54 Å². The van der Waals surface area contributed by atoms with E-state index in [1.165, 1.54) is 6.07 Å². The average Bonchev–Trinajstić information content (AvgIpc) is 2.39. The van der Waals surface area contributed by atoms with Crippen LogP contribution in [0.5, 0.6) is 0 Å². The number of nitrogens with zero attached hydrogens (tertiary/aromatic N) is 2. The predicted molar refractivity (Wildman–Crippen MR) is 97.6 cm³/mol. The maximum Gasteiger partial charge on any atom is 0.188 e. The molecule has 0 fully saturated rings. The number of likely N-dealkylation sites (N-methyl/N-ethyl adjacent to an activating group) is 1. The van der Waals surface area contributed by atoms with Gasteiger partial charge >= 0.3 is 0 Å². The minimum Gasteiger partial charge on any atom is -0.370 e. The van der Waals surface area contributed by atoms with E-state index in [0.717, 1.165) is 24.9 Å². The Morgan fingerprint density at radius 3 is 2.71 bits per heavy atom. The van der Waals surface area contributed by atoms with Crippen LogP contribution in [0.15, 0.2) is 29.3 Å². The lowest BCUT2D eigenvalue weighted by Crippen LogP contribution is -2.33. The third-order valence-electron chi connectivity index (χ3n) is 3.13. The molecule has 0 aromatic heterocycles. The molecule has 0 bridgehead atoms. The van der Waals surface area contributed by atoms with Gasteiger partial charge in [-0.15, -0.1) is 24.0 Å². The van der Waals surface area contributed by atoms with Gasteiger partial charge < -0.3 is 16.0 Å². The van der Waals surface area contributed by atoms with Gasteiger partial charge in [-0.1, -0.05) is 25.5 Å². The van der Waals surface area contributed by atoms with Gasteiger partial charge in [0.2, 0.25) is 0 Å². The first-order chi connectivity index (χ1) is 9.54. The zero-order chi connectivity index (χ0) is 15.0. The number of guanidine groups is 1. The third kappa shape index (κ3) is 7.61. The van der Waals surface area contributed by atoms with Gasteiger partial charge in [-0.2, -0.15) is 0 Å². The lowest BCUT2D eigenvalue weighted by Gasteiger charge is -2.23. The standard InChI is InChI=1S/C15H25FN4.HI/c1-4-5-9-18-15(17)19-11-14(20(2)3)12-7-6-8-13(16)10-12;/h6-8,10,14H,4-5,9,11H2,1-3H3,(H3,17,18,19);1H. The summed E-state index contributed by atoms with van der Waals surface area (Å²) in [7, 11) is 3.90. The van der Waals surface area contributed by atoms with Gasteiger partial charge in [0.1, 0.15) is 5.82 Å². The summed E-state index contributed by atoms with van der Waals surface area (Å²) in [5.41, 5.74) is 6.72. The predicted octanol–water partition coefficient (Wildman–Crippen LogP) is 2.75. The first-order valence-corrected chi connectivity index (χ1v) is 7.00. The van der Waals surface area contributed by atoms with Crippen LogP contribution >= 0.6 is 24.0 Å². The van der Waals surface area contributed by atoms with Crippen LogP contribution in [-0.4, -0.2) is 38.0 Å². The molecule has 1 rings (SSSR count). The van der Waals surface area contributed by atoms with Gasteiger partial charge in [-0.25, -0.2) is 4.39 Å². The van der Waals surface area contributed by atoms with Gasteiger partial charge in [0.15, 0.2) is 5.96 Å². The Labute approximate surface area is 144 Å². The molecule has 0 aliphatic heterocycles. The average molecular weight is 408 g/mol. The van der Waals surface area contributed by atoms with Crippen molar-refractivity contribution in [2.24, 2.45) is 10.7 Å². The van der Waals surface area contributed by atoms with Gasteiger partial charge in [-0.3, -0.25) is 4.99 Å². The molecule has 0 saturated heterocycles. The molecule has 1 aromatic rings. The summed E-state index contributed by atoms with van der Waals surface area (Å²) in [5.74, 6) is 0.217. The number of unbranched alkanes of at least 4 members (excludes halogenated alkanes) is 1. The van der Waals surface area contributed by atoms with E-state index in [9.17, 15) is 4.39 Å². The molecule has 1 unspecified atom stereocenters. The molecule has 120 valence electrons. The molecule has 3 N–H and O–H groups in total. The molecular formula is C15H26FIN4. The monoisotopic (exact) mass is 408 g/mol. The van der Waals surface area contributed by atoms with E-state index in [2.05, 4.69) is 17.2 Å². The topological polar surface area (TPSA) is 53.6 Å². The Bertz CT molecular complexity index is 437. The number of hydrogen-bond acceptors (Lipinski definition) is 2. The number of aliphatic imine (C=N–C) groups is 1. The molecule has 21 heavy (non-hydrogen) atoms. The van der Waals surface area contributed by atoms with Crippen LogP contribution in [0.1, 0.15) is 31.4 Å². The Kier molecular flexibility index (Phi) is 10.3. The Hall–Kier alpha value is -0.890. The van der Waals surface area contributed by atoms with E-state index in [0.29, 0.717) is 12.5 Å². The molecule has 0 heterocycles. The fraction of sp³-hybridized carbons (Fsp3) is 0.533. The van der Waals surface area contributed by atoms with Crippen molar-refractivity contribution in [2.75, 3.05) is 27.2 Å². The molecule has 0 amide bonds. The fourth-order valence-corrected chi connectivity index (χ4v) is 1.91. The smallest absolute Gasteiger partial charge is 0.188 e. The van der Waals surface area contributed by atoms with Crippen molar-refractivity contribution in [2.45, 2.75) is 25.8 Å². The van der Waals surface area contributed by atoms with Gasteiger partial charge in [0.25, 0.3) is 0 Å². The van der Waals surface area contributed by atoms with Crippen molar-refractivity contribution >= 4 is 29.9 Å². The summed E-state index contributed by atoms with van der Waals surface area (Å²) in [6.45, 7) is 3.46. The summed E-state index contributed by atoms with van der Waals surface area (Å²) in [6, 6.07) is 6.62. The summed E-state index contributed by atoms with van der Waals surface area (Å²) in [5, 5.41) is 3.08. The van der Waals surface area contributed by atoms with Crippen molar-refractivity contribution in [3.05, 3.63) is 35.6 Å². The minimum atomic E-state index is -0.229. The Balaban J connectivity index is 0.00000400. The van der Waals surface area contributed by atoms with Crippen molar-refractivity contribution < 1.29 is 4.39 Å². The first kappa shape index (κ1) is 20.1. The summed E-state index contributed by atoms with van der Waals surface area (Å²) in [4.78, 5) is 6.35. The normalized spacial score (nSPS) is 12.9. The SMILES string of the molecule is CCCCNC(N)=NCC(c1cccc(F)c1)N(C)C.I. The second kappa shape index (κ2) is 10.8. The van der Waals surface area contributed by atoms with Crippen molar-refractivity contribution in [1.82, 2.24) is 10.2 Å². The molecule has 1 aromatic carbocycles. The summed E-state index contributed by atoms with van der Waals surface area (Å²) in [6.07, 6.45) is 2.18. The molecule has 1 atom stereocenters. The van der Waals surface area contributed by atoms with E-state index in [4.69, 9.17) is 5.73 Å². The number of hydrogen-bond donors (Lipinski definition) is 2. The number of nitrogens with two attached hydrogens (primary N) is 1. The van der Waals surface area contributed by atoms with Crippen LogP contribution in [0.3, 0.4) is 0 Å². The van der Waals surface area contributed by atoms with Crippen LogP contribution in [-0.2, 0) is 0 Å². The zero-order valence-electron chi connectivity index (χ0n) is 13.0. The van der Waals surface area contributed by atoms with Crippen molar-refractivity contribution in [3.8, 4) is 0 Å². The van der Waals surface area contributed by atoms with Crippen LogP contribution in [0.2, 0.25) is 0 Å². The lowest BCUT2D eigenvalue weighted by atomic mass is 10.1. The van der Waals surface area contributed by atoms with Gasteiger partial charge in [-0.05, 0) is 38.2 Å². The maximum atomic E-state index is 13.3. The minimum absolute atomic E-state index is 0. The molecule has 0 radical (unpaired) electrons. The van der Waals surface area contributed by atoms with E-state index in [1.54, 1.807) is 12.1 Å². The first-order valence-electron chi connectivity index (χ1n) is 7.00. The van der Waals surface area contributed by atoms with Crippen LogP contribution < -0.4 is 11.1 Å².